The summed E-state index contributed by atoms with van der Waals surface area (Å²) in [5.74, 6) is 3.06. The van der Waals surface area contributed by atoms with E-state index in [4.69, 9.17) is 18.9 Å². The lowest BCUT2D eigenvalue weighted by atomic mass is 9.69. The van der Waals surface area contributed by atoms with E-state index in [1.165, 1.54) is 11.1 Å². The Morgan fingerprint density at radius 1 is 0.912 bits per heavy atom. The van der Waals surface area contributed by atoms with Crippen LogP contribution in [0.3, 0.4) is 0 Å². The summed E-state index contributed by atoms with van der Waals surface area (Å²) < 4.78 is 21.8. The first-order chi connectivity index (χ1) is 15.9. The first-order valence-corrected chi connectivity index (χ1v) is 11.5. The molecule has 0 N–H and O–H groups in total. The molecule has 186 valence electrons. The second-order valence-corrected chi connectivity index (χ2v) is 8.91. The molecule has 1 aliphatic heterocycles. The van der Waals surface area contributed by atoms with Crippen LogP contribution in [-0.2, 0) is 18.4 Å². The Morgan fingerprint density at radius 2 is 1.50 bits per heavy atom. The quantitative estimate of drug-likeness (QED) is 0.446. The summed E-state index contributed by atoms with van der Waals surface area (Å²) in [6.07, 6.45) is 2.70. The summed E-state index contributed by atoms with van der Waals surface area (Å²) in [6.45, 7) is 7.07. The van der Waals surface area contributed by atoms with Crippen LogP contribution in [-0.4, -0.2) is 46.4 Å². The molecule has 0 saturated heterocycles. The molecule has 0 fully saturated rings. The van der Waals surface area contributed by atoms with Gasteiger partial charge in [0.05, 0.1) is 39.9 Å². The SMILES string of the molecule is COc1ccc(C(C#N)(CCCN2CCc3cc(OC)c(OC)cc3C2)C(C)C)cc1OC.Cl. The van der Waals surface area contributed by atoms with Gasteiger partial charge in [0.2, 0.25) is 0 Å². The third kappa shape index (κ3) is 5.54. The minimum absolute atomic E-state index is 0. The number of ether oxygens (including phenoxy) is 4. The predicted octanol–water partition coefficient (Wildman–Crippen LogP) is 5.40. The first-order valence-electron chi connectivity index (χ1n) is 11.5. The van der Waals surface area contributed by atoms with Gasteiger partial charge in [-0.1, -0.05) is 19.9 Å². The lowest BCUT2D eigenvalue weighted by Crippen LogP contribution is -2.35. The minimum atomic E-state index is -0.580. The number of hydrogen-bond donors (Lipinski definition) is 0. The number of halogens is 1. The molecule has 6 nitrogen and oxygen atoms in total. The zero-order valence-electron chi connectivity index (χ0n) is 21.1. The van der Waals surface area contributed by atoms with Crippen molar-refractivity contribution in [2.75, 3.05) is 41.5 Å². The van der Waals surface area contributed by atoms with Gasteiger partial charge in [-0.15, -0.1) is 12.4 Å². The Morgan fingerprint density at radius 3 is 2.06 bits per heavy atom. The molecular weight excluding hydrogens is 452 g/mol. The zero-order chi connectivity index (χ0) is 24.0. The smallest absolute Gasteiger partial charge is 0.161 e. The third-order valence-corrected chi connectivity index (χ3v) is 6.93. The summed E-state index contributed by atoms with van der Waals surface area (Å²) in [5, 5.41) is 10.3. The predicted molar refractivity (Wildman–Crippen MR) is 137 cm³/mol. The molecule has 1 unspecified atom stereocenters. The van der Waals surface area contributed by atoms with Crippen LogP contribution in [0.4, 0.5) is 0 Å². The average Bonchev–Trinajstić information content (AvgIpc) is 2.85. The van der Waals surface area contributed by atoms with Gasteiger partial charge in [0.15, 0.2) is 23.0 Å². The molecule has 2 aromatic carbocycles. The molecule has 0 saturated carbocycles. The molecule has 0 aliphatic carbocycles. The Balaban J connectivity index is 0.00000408. The highest BCUT2D eigenvalue weighted by Crippen LogP contribution is 2.41. The van der Waals surface area contributed by atoms with Crippen molar-refractivity contribution in [3.63, 3.8) is 0 Å². The molecule has 1 heterocycles. The van der Waals surface area contributed by atoms with Crippen molar-refractivity contribution in [2.45, 2.75) is 45.1 Å². The number of benzene rings is 2. The van der Waals surface area contributed by atoms with Crippen molar-refractivity contribution in [2.24, 2.45) is 5.92 Å². The fourth-order valence-corrected chi connectivity index (χ4v) is 4.84. The normalized spacial score (nSPS) is 14.9. The Hall–Kier alpha value is -2.62. The van der Waals surface area contributed by atoms with Crippen LogP contribution in [0.2, 0.25) is 0 Å². The highest BCUT2D eigenvalue weighted by Gasteiger charge is 2.36. The molecule has 3 rings (SSSR count). The zero-order valence-corrected chi connectivity index (χ0v) is 22.0. The van der Waals surface area contributed by atoms with Crippen molar-refractivity contribution in [1.82, 2.24) is 4.90 Å². The van der Waals surface area contributed by atoms with Gasteiger partial charge in [0, 0.05) is 13.1 Å². The van der Waals surface area contributed by atoms with Gasteiger partial charge in [-0.25, -0.2) is 0 Å². The second-order valence-electron chi connectivity index (χ2n) is 8.91. The van der Waals surface area contributed by atoms with Crippen LogP contribution >= 0.6 is 12.4 Å². The molecule has 0 spiro atoms. The standard InChI is InChI=1S/C27H36N2O4.ClH/c1-19(2)27(18-28,22-8-9-23(30-3)26(16-22)33-6)11-7-12-29-13-10-20-14-24(31-4)25(32-5)15-21(20)17-29;/h8-9,14-16,19H,7,10-13,17H2,1-6H3;1H. The maximum Gasteiger partial charge on any atom is 0.161 e. The summed E-state index contributed by atoms with van der Waals surface area (Å²) in [5.41, 5.74) is 3.01. The fraction of sp³-hybridized carbons (Fsp3) is 0.519. The number of nitriles is 1. The van der Waals surface area contributed by atoms with E-state index in [9.17, 15) is 5.26 Å². The summed E-state index contributed by atoms with van der Waals surface area (Å²) in [7, 11) is 6.60. The highest BCUT2D eigenvalue weighted by atomic mass is 35.5. The Kier molecular flexibility index (Phi) is 9.90. The van der Waals surface area contributed by atoms with Crippen LogP contribution in [0.5, 0.6) is 23.0 Å². The van der Waals surface area contributed by atoms with Crippen molar-refractivity contribution in [1.29, 1.82) is 5.26 Å². The topological polar surface area (TPSA) is 64.0 Å². The molecule has 7 heteroatoms. The summed E-state index contributed by atoms with van der Waals surface area (Å²) in [4.78, 5) is 2.46. The van der Waals surface area contributed by atoms with E-state index in [2.05, 4.69) is 36.9 Å². The number of fused-ring (bicyclic) bond motifs is 1. The Bertz CT molecular complexity index is 1000. The molecule has 2 aromatic rings. The van der Waals surface area contributed by atoms with Crippen LogP contribution in [0.1, 0.15) is 43.4 Å². The number of rotatable bonds is 10. The lowest BCUT2D eigenvalue weighted by Gasteiger charge is -2.34. The van der Waals surface area contributed by atoms with E-state index in [0.717, 1.165) is 56.0 Å². The summed E-state index contributed by atoms with van der Waals surface area (Å²) >= 11 is 0. The van der Waals surface area contributed by atoms with Crippen LogP contribution < -0.4 is 18.9 Å². The number of methoxy groups -OCH3 is 4. The van der Waals surface area contributed by atoms with Gasteiger partial charge in [-0.3, -0.25) is 4.90 Å². The number of hydrogen-bond acceptors (Lipinski definition) is 6. The average molecular weight is 489 g/mol. The molecule has 0 bridgehead atoms. The molecule has 0 aromatic heterocycles. The van der Waals surface area contributed by atoms with Crippen molar-refractivity contribution in [3.8, 4) is 29.1 Å². The highest BCUT2D eigenvalue weighted by molar-refractivity contribution is 5.85. The molecule has 1 atom stereocenters. The van der Waals surface area contributed by atoms with E-state index in [1.54, 1.807) is 28.4 Å². The van der Waals surface area contributed by atoms with E-state index in [-0.39, 0.29) is 18.3 Å². The van der Waals surface area contributed by atoms with Crippen molar-refractivity contribution < 1.29 is 18.9 Å². The maximum absolute atomic E-state index is 10.3. The van der Waals surface area contributed by atoms with Gasteiger partial charge in [0.25, 0.3) is 0 Å². The van der Waals surface area contributed by atoms with Gasteiger partial charge in [-0.05, 0) is 72.7 Å². The monoisotopic (exact) mass is 488 g/mol. The third-order valence-electron chi connectivity index (χ3n) is 6.93. The lowest BCUT2D eigenvalue weighted by molar-refractivity contribution is 0.234. The van der Waals surface area contributed by atoms with E-state index in [1.807, 2.05) is 18.2 Å². The van der Waals surface area contributed by atoms with Gasteiger partial charge < -0.3 is 18.9 Å². The Labute approximate surface area is 210 Å². The van der Waals surface area contributed by atoms with Gasteiger partial charge in [0.1, 0.15) is 0 Å². The molecule has 1 aliphatic rings. The van der Waals surface area contributed by atoms with Gasteiger partial charge in [-0.2, -0.15) is 5.26 Å². The van der Waals surface area contributed by atoms with Crippen LogP contribution in [0.25, 0.3) is 0 Å². The van der Waals surface area contributed by atoms with Gasteiger partial charge >= 0.3 is 0 Å². The molecular formula is C27H37ClN2O4. The summed E-state index contributed by atoms with van der Waals surface area (Å²) in [6, 6.07) is 12.7. The van der Waals surface area contributed by atoms with E-state index in [0.29, 0.717) is 11.5 Å². The van der Waals surface area contributed by atoms with Crippen molar-refractivity contribution in [3.05, 3.63) is 47.0 Å². The molecule has 0 amide bonds. The maximum atomic E-state index is 10.3. The van der Waals surface area contributed by atoms with Crippen LogP contribution in [0.15, 0.2) is 30.3 Å². The number of nitrogens with zero attached hydrogens (tertiary/aromatic N) is 2. The minimum Gasteiger partial charge on any atom is -0.493 e. The fourth-order valence-electron chi connectivity index (χ4n) is 4.84. The largest absolute Gasteiger partial charge is 0.493 e. The van der Waals surface area contributed by atoms with Crippen LogP contribution in [0, 0.1) is 17.2 Å². The first kappa shape index (κ1) is 27.6. The molecule has 34 heavy (non-hydrogen) atoms. The molecule has 0 radical (unpaired) electrons. The second kappa shape index (κ2) is 12.2. The van der Waals surface area contributed by atoms with E-state index < -0.39 is 5.41 Å². The van der Waals surface area contributed by atoms with Crippen molar-refractivity contribution >= 4 is 12.4 Å². The van der Waals surface area contributed by atoms with E-state index >= 15 is 0 Å².